The summed E-state index contributed by atoms with van der Waals surface area (Å²) in [6.07, 6.45) is 3.70. The van der Waals surface area contributed by atoms with E-state index in [2.05, 4.69) is 10.4 Å². The Bertz CT molecular complexity index is 419. The minimum absolute atomic E-state index is 0.332. The van der Waals surface area contributed by atoms with Gasteiger partial charge in [0, 0.05) is 31.2 Å². The van der Waals surface area contributed by atoms with Gasteiger partial charge in [-0.15, -0.1) is 0 Å². The topological polar surface area (TPSA) is 84.2 Å². The van der Waals surface area contributed by atoms with Crippen molar-refractivity contribution >= 4 is 23.6 Å². The molecule has 0 aliphatic rings. The fourth-order valence-electron chi connectivity index (χ4n) is 1.37. The summed E-state index contributed by atoms with van der Waals surface area (Å²) < 4.78 is 1.82. The first kappa shape index (κ1) is 14.6. The monoisotopic (exact) mass is 271 g/mol. The molecule has 0 aromatic carbocycles. The Morgan fingerprint density at radius 1 is 1.61 bits per heavy atom. The number of nitrogens with zero attached hydrogens (tertiary/aromatic N) is 2. The highest BCUT2D eigenvalue weighted by molar-refractivity contribution is 7.98. The molecule has 0 aliphatic carbocycles. The maximum Gasteiger partial charge on any atom is 0.327 e. The number of rotatable bonds is 7. The fourth-order valence-corrected chi connectivity index (χ4v) is 2.33. The summed E-state index contributed by atoms with van der Waals surface area (Å²) in [6, 6.07) is -0.839. The minimum Gasteiger partial charge on any atom is -0.480 e. The molecule has 1 aromatic rings. The molecule has 0 saturated carbocycles. The van der Waals surface area contributed by atoms with Gasteiger partial charge in [-0.3, -0.25) is 9.48 Å². The number of aromatic nitrogens is 2. The molecule has 1 heterocycles. The zero-order valence-corrected chi connectivity index (χ0v) is 11.2. The van der Waals surface area contributed by atoms with Crippen molar-refractivity contribution in [2.24, 2.45) is 0 Å². The van der Waals surface area contributed by atoms with Gasteiger partial charge in [0.15, 0.2) is 0 Å². The molecule has 0 saturated heterocycles. The summed E-state index contributed by atoms with van der Waals surface area (Å²) in [5.74, 6) is -0.320. The number of aliphatic carboxylic acids is 1. The molecular weight excluding hydrogens is 254 g/mol. The van der Waals surface area contributed by atoms with E-state index >= 15 is 0 Å². The zero-order valence-electron chi connectivity index (χ0n) is 10.4. The van der Waals surface area contributed by atoms with E-state index in [1.807, 2.05) is 17.8 Å². The number of carbonyl (C=O) groups is 2. The summed E-state index contributed by atoms with van der Waals surface area (Å²) in [5, 5.41) is 15.5. The second kappa shape index (κ2) is 7.05. The van der Waals surface area contributed by atoms with Gasteiger partial charge in [-0.2, -0.15) is 16.9 Å². The molecule has 0 aliphatic heterocycles. The van der Waals surface area contributed by atoms with Crippen LogP contribution >= 0.6 is 11.8 Å². The van der Waals surface area contributed by atoms with Gasteiger partial charge < -0.3 is 10.4 Å². The average Bonchev–Trinajstić information content (AvgIpc) is 2.75. The van der Waals surface area contributed by atoms with Crippen LogP contribution in [0.2, 0.25) is 0 Å². The second-order valence-electron chi connectivity index (χ2n) is 3.81. The summed E-state index contributed by atoms with van der Waals surface area (Å²) >= 11 is 1.46. The van der Waals surface area contributed by atoms with E-state index in [9.17, 15) is 9.59 Å². The van der Waals surface area contributed by atoms with Crippen LogP contribution in [-0.4, -0.2) is 38.6 Å². The molecule has 0 bridgehead atoms. The molecule has 18 heavy (non-hydrogen) atoms. The number of aryl methyl sites for hydroxylation is 1. The Morgan fingerprint density at radius 2 is 2.33 bits per heavy atom. The van der Waals surface area contributed by atoms with Crippen LogP contribution < -0.4 is 5.32 Å². The lowest BCUT2D eigenvalue weighted by molar-refractivity contribution is -0.140. The summed E-state index contributed by atoms with van der Waals surface area (Å²) in [6.45, 7) is 4.13. The maximum atomic E-state index is 10.9. The summed E-state index contributed by atoms with van der Waals surface area (Å²) in [5.41, 5.74) is 1.05. The highest BCUT2D eigenvalue weighted by Gasteiger charge is 2.18. The van der Waals surface area contributed by atoms with Crippen molar-refractivity contribution in [1.82, 2.24) is 15.1 Å². The van der Waals surface area contributed by atoms with Crippen LogP contribution in [0.1, 0.15) is 19.4 Å². The van der Waals surface area contributed by atoms with E-state index in [0.717, 1.165) is 12.1 Å². The quantitative estimate of drug-likeness (QED) is 0.763. The largest absolute Gasteiger partial charge is 0.480 e. The third kappa shape index (κ3) is 4.79. The number of amides is 1. The summed E-state index contributed by atoms with van der Waals surface area (Å²) in [7, 11) is 0. The smallest absolute Gasteiger partial charge is 0.327 e. The molecule has 6 nitrogen and oxygen atoms in total. The van der Waals surface area contributed by atoms with Crippen LogP contribution in [0.25, 0.3) is 0 Å². The van der Waals surface area contributed by atoms with Crippen molar-refractivity contribution in [3.05, 3.63) is 18.0 Å². The third-order valence-corrected chi connectivity index (χ3v) is 3.35. The van der Waals surface area contributed by atoms with Crippen LogP contribution in [0, 0.1) is 0 Å². The first-order valence-corrected chi connectivity index (χ1v) is 6.77. The molecule has 0 fully saturated rings. The van der Waals surface area contributed by atoms with Crippen molar-refractivity contribution in [1.29, 1.82) is 0 Å². The average molecular weight is 271 g/mol. The Hall–Kier alpha value is -1.50. The lowest BCUT2D eigenvalue weighted by atomic mass is 10.3. The lowest BCUT2D eigenvalue weighted by Crippen LogP contribution is -2.41. The molecule has 100 valence electrons. The van der Waals surface area contributed by atoms with Crippen molar-refractivity contribution < 1.29 is 14.7 Å². The fraction of sp³-hybridized carbons (Fsp3) is 0.545. The van der Waals surface area contributed by atoms with Gasteiger partial charge in [0.25, 0.3) is 0 Å². The van der Waals surface area contributed by atoms with Crippen molar-refractivity contribution in [2.45, 2.75) is 32.2 Å². The van der Waals surface area contributed by atoms with E-state index in [1.165, 1.54) is 18.7 Å². The molecule has 0 radical (unpaired) electrons. The molecule has 0 unspecified atom stereocenters. The van der Waals surface area contributed by atoms with Crippen LogP contribution in [0.5, 0.6) is 0 Å². The Balaban J connectivity index is 2.38. The van der Waals surface area contributed by atoms with Gasteiger partial charge in [-0.25, -0.2) is 4.79 Å². The molecule has 1 rings (SSSR count). The minimum atomic E-state index is -1.01. The third-order valence-electron chi connectivity index (χ3n) is 2.24. The van der Waals surface area contributed by atoms with Crippen LogP contribution in [-0.2, 0) is 21.9 Å². The molecule has 2 N–H and O–H groups in total. The molecular formula is C11H17N3O3S. The van der Waals surface area contributed by atoms with E-state index in [1.54, 1.807) is 6.20 Å². The highest BCUT2D eigenvalue weighted by Crippen LogP contribution is 2.12. The number of hydrogen-bond acceptors (Lipinski definition) is 4. The van der Waals surface area contributed by atoms with Crippen molar-refractivity contribution in [2.75, 3.05) is 5.75 Å². The number of carboxylic acid groups (broad SMARTS) is 1. The predicted octanol–water partition coefficient (Wildman–Crippen LogP) is 0.725. The highest BCUT2D eigenvalue weighted by atomic mass is 32.2. The predicted molar refractivity (Wildman–Crippen MR) is 69.3 cm³/mol. The van der Waals surface area contributed by atoms with E-state index in [4.69, 9.17) is 5.11 Å². The Kier molecular flexibility index (Phi) is 5.70. The SMILES string of the molecule is CCn1cc(CSC[C@H](NC(C)=O)C(=O)O)cn1. The van der Waals surface area contributed by atoms with Gasteiger partial charge in [-0.1, -0.05) is 0 Å². The first-order valence-electron chi connectivity index (χ1n) is 5.62. The Morgan fingerprint density at radius 3 is 2.83 bits per heavy atom. The maximum absolute atomic E-state index is 10.9. The van der Waals surface area contributed by atoms with Crippen LogP contribution in [0.15, 0.2) is 12.4 Å². The number of hydrogen-bond donors (Lipinski definition) is 2. The van der Waals surface area contributed by atoms with E-state index in [-0.39, 0.29) is 5.91 Å². The van der Waals surface area contributed by atoms with Crippen LogP contribution in [0.4, 0.5) is 0 Å². The number of thioether (sulfide) groups is 1. The Labute approximate surface area is 110 Å². The van der Waals surface area contributed by atoms with Gasteiger partial charge in [0.2, 0.25) is 5.91 Å². The molecule has 7 heteroatoms. The van der Waals surface area contributed by atoms with E-state index in [0.29, 0.717) is 11.5 Å². The summed E-state index contributed by atoms with van der Waals surface area (Å²) in [4.78, 5) is 21.7. The van der Waals surface area contributed by atoms with E-state index < -0.39 is 12.0 Å². The van der Waals surface area contributed by atoms with Crippen molar-refractivity contribution in [3.8, 4) is 0 Å². The molecule has 1 atom stereocenters. The number of carbonyl (C=O) groups excluding carboxylic acids is 1. The number of nitrogens with one attached hydrogen (secondary N) is 1. The first-order chi connectivity index (χ1) is 8.52. The standard InChI is InChI=1S/C11H17N3O3S/c1-3-14-5-9(4-12-14)6-18-7-10(11(16)17)13-8(2)15/h4-5,10H,3,6-7H2,1-2H3,(H,13,15)(H,16,17)/t10-/m0/s1. The van der Waals surface area contributed by atoms with Gasteiger partial charge >= 0.3 is 5.97 Å². The zero-order chi connectivity index (χ0) is 13.5. The van der Waals surface area contributed by atoms with Gasteiger partial charge in [-0.05, 0) is 12.5 Å². The molecule has 1 amide bonds. The second-order valence-corrected chi connectivity index (χ2v) is 4.84. The van der Waals surface area contributed by atoms with Gasteiger partial charge in [0.05, 0.1) is 6.20 Å². The molecule has 1 aromatic heterocycles. The van der Waals surface area contributed by atoms with Gasteiger partial charge in [0.1, 0.15) is 6.04 Å². The normalized spacial score (nSPS) is 12.1. The number of carboxylic acids is 1. The van der Waals surface area contributed by atoms with Crippen molar-refractivity contribution in [3.63, 3.8) is 0 Å². The van der Waals surface area contributed by atoms with Crippen LogP contribution in [0.3, 0.4) is 0 Å². The molecule has 0 spiro atoms. The lowest BCUT2D eigenvalue weighted by Gasteiger charge is -2.12.